The molecule has 0 unspecified atom stereocenters. The SMILES string of the molecule is CCOC(=O)[C@@](NC(=O)c1ccccc1Cl)(Nc1ccc(S(=O)(=O)Nc2nccs2)cc1)C(F)(F)F. The monoisotopic (exact) mass is 562 g/mol. The lowest BCUT2D eigenvalue weighted by molar-refractivity contribution is -0.204. The van der Waals surface area contributed by atoms with Gasteiger partial charge in [0.25, 0.3) is 15.9 Å². The molecule has 0 aliphatic heterocycles. The van der Waals surface area contributed by atoms with Gasteiger partial charge in [0.05, 0.1) is 22.1 Å². The van der Waals surface area contributed by atoms with Gasteiger partial charge in [0.15, 0.2) is 5.13 Å². The number of carbonyl (C=O) groups excluding carboxylic acids is 2. The quantitative estimate of drug-likeness (QED) is 0.263. The van der Waals surface area contributed by atoms with E-state index in [1.165, 1.54) is 37.4 Å². The lowest BCUT2D eigenvalue weighted by Crippen LogP contribution is -2.69. The van der Waals surface area contributed by atoms with Crippen LogP contribution >= 0.6 is 22.9 Å². The van der Waals surface area contributed by atoms with Gasteiger partial charge in [0, 0.05) is 17.3 Å². The van der Waals surface area contributed by atoms with Crippen molar-refractivity contribution in [3.05, 3.63) is 70.7 Å². The maximum Gasteiger partial charge on any atom is 0.441 e. The number of nitrogens with one attached hydrogen (secondary N) is 3. The molecule has 2 aromatic carbocycles. The van der Waals surface area contributed by atoms with Crippen LogP contribution in [0.15, 0.2) is 65.0 Å². The van der Waals surface area contributed by atoms with Gasteiger partial charge < -0.3 is 15.4 Å². The number of nitrogens with zero attached hydrogens (tertiary/aromatic N) is 1. The molecule has 192 valence electrons. The molecule has 0 spiro atoms. The largest absolute Gasteiger partial charge is 0.463 e. The van der Waals surface area contributed by atoms with Crippen LogP contribution in [0.4, 0.5) is 24.0 Å². The third kappa shape index (κ3) is 5.88. The molecule has 1 heterocycles. The van der Waals surface area contributed by atoms with Crippen molar-refractivity contribution < 1.29 is 35.9 Å². The highest BCUT2D eigenvalue weighted by atomic mass is 35.5. The molecule has 3 N–H and O–H groups in total. The third-order valence-electron chi connectivity index (χ3n) is 4.58. The molecule has 0 aliphatic rings. The summed E-state index contributed by atoms with van der Waals surface area (Å²) >= 11 is 6.96. The summed E-state index contributed by atoms with van der Waals surface area (Å²) in [7, 11) is -4.08. The Balaban J connectivity index is 1.97. The van der Waals surface area contributed by atoms with E-state index in [4.69, 9.17) is 11.6 Å². The highest BCUT2D eigenvalue weighted by molar-refractivity contribution is 7.93. The zero-order valence-corrected chi connectivity index (χ0v) is 20.7. The average molecular weight is 563 g/mol. The maximum atomic E-state index is 14.4. The molecule has 0 fully saturated rings. The number of carbonyl (C=O) groups is 2. The molecule has 0 saturated heterocycles. The van der Waals surface area contributed by atoms with E-state index < -0.39 is 40.3 Å². The molecule has 1 atom stereocenters. The maximum absolute atomic E-state index is 14.4. The number of aromatic nitrogens is 1. The van der Waals surface area contributed by atoms with Gasteiger partial charge in [-0.3, -0.25) is 9.52 Å². The number of esters is 1. The third-order valence-corrected chi connectivity index (χ3v) is 7.08. The van der Waals surface area contributed by atoms with E-state index in [-0.39, 0.29) is 26.3 Å². The predicted octanol–water partition coefficient (Wildman–Crippen LogP) is 4.26. The standard InChI is InChI=1S/C21H18ClF3N4O5S2/c1-2-34-18(31)20(21(23,24)25,28-17(30)15-5-3-4-6-16(15)22)27-13-7-9-14(10-8-13)36(32,33)29-19-26-11-12-35-19/h3-12,27H,2H2,1H3,(H,26,29)(H,28,30)/t20-/m0/s1. The zero-order chi connectivity index (χ0) is 26.6. The number of anilines is 2. The zero-order valence-electron chi connectivity index (χ0n) is 18.3. The second-order valence-electron chi connectivity index (χ2n) is 6.99. The molecule has 3 rings (SSSR count). The van der Waals surface area contributed by atoms with Crippen LogP contribution in [-0.2, 0) is 19.6 Å². The van der Waals surface area contributed by atoms with E-state index in [2.05, 4.69) is 14.4 Å². The van der Waals surface area contributed by atoms with Crippen molar-refractivity contribution in [3.8, 4) is 0 Å². The second-order valence-corrected chi connectivity index (χ2v) is 9.98. The number of thiazole rings is 1. The van der Waals surface area contributed by atoms with Crippen LogP contribution in [0.5, 0.6) is 0 Å². The first-order valence-electron chi connectivity index (χ1n) is 10.0. The van der Waals surface area contributed by atoms with Crippen molar-refractivity contribution in [2.75, 3.05) is 16.6 Å². The number of benzene rings is 2. The van der Waals surface area contributed by atoms with Gasteiger partial charge in [-0.15, -0.1) is 11.3 Å². The van der Waals surface area contributed by atoms with Gasteiger partial charge in [-0.25, -0.2) is 18.2 Å². The first kappa shape index (κ1) is 27.2. The molecule has 0 saturated carbocycles. The fraction of sp³-hybridized carbons (Fsp3) is 0.190. The van der Waals surface area contributed by atoms with Gasteiger partial charge in [0.1, 0.15) is 0 Å². The average Bonchev–Trinajstić information content (AvgIpc) is 3.31. The predicted molar refractivity (Wildman–Crippen MR) is 127 cm³/mol. The van der Waals surface area contributed by atoms with Crippen LogP contribution in [0, 0.1) is 0 Å². The van der Waals surface area contributed by atoms with Crippen LogP contribution in [-0.4, -0.2) is 43.7 Å². The molecule has 0 aliphatic carbocycles. The number of rotatable bonds is 9. The fourth-order valence-corrected chi connectivity index (χ4v) is 4.91. The van der Waals surface area contributed by atoms with Crippen LogP contribution in [0.25, 0.3) is 0 Å². The molecule has 9 nitrogen and oxygen atoms in total. The fourth-order valence-electron chi connectivity index (χ4n) is 2.89. The molecule has 1 amide bonds. The van der Waals surface area contributed by atoms with Crippen molar-refractivity contribution in [1.29, 1.82) is 0 Å². The minimum absolute atomic E-state index is 0.0953. The van der Waals surface area contributed by atoms with E-state index >= 15 is 0 Å². The number of hydrogen-bond acceptors (Lipinski definition) is 8. The summed E-state index contributed by atoms with van der Waals surface area (Å²) in [5.41, 5.74) is -4.37. The molecule has 15 heteroatoms. The van der Waals surface area contributed by atoms with Crippen LogP contribution in [0.1, 0.15) is 17.3 Å². The lowest BCUT2D eigenvalue weighted by Gasteiger charge is -2.35. The van der Waals surface area contributed by atoms with Crippen molar-refractivity contribution in [1.82, 2.24) is 10.3 Å². The molecule has 0 bridgehead atoms. The number of ether oxygens (including phenoxy) is 1. The Bertz CT molecular complexity index is 1340. The number of sulfonamides is 1. The molecule has 0 radical (unpaired) electrons. The van der Waals surface area contributed by atoms with E-state index in [0.29, 0.717) is 0 Å². The summed E-state index contributed by atoms with van der Waals surface area (Å²) in [5, 5.41) is 5.13. The Labute approximate surface area is 212 Å². The summed E-state index contributed by atoms with van der Waals surface area (Å²) in [6.07, 6.45) is -4.01. The van der Waals surface area contributed by atoms with Crippen molar-refractivity contribution in [2.24, 2.45) is 0 Å². The number of hydrogen-bond donors (Lipinski definition) is 3. The summed E-state index contributed by atoms with van der Waals surface area (Å²) < 4.78 is 75.0. The Morgan fingerprint density at radius 1 is 1.11 bits per heavy atom. The van der Waals surface area contributed by atoms with Crippen molar-refractivity contribution in [2.45, 2.75) is 23.7 Å². The minimum Gasteiger partial charge on any atom is -0.463 e. The topological polar surface area (TPSA) is 126 Å². The number of amides is 1. The summed E-state index contributed by atoms with van der Waals surface area (Å²) in [5.74, 6) is -3.13. The Morgan fingerprint density at radius 3 is 2.33 bits per heavy atom. The lowest BCUT2D eigenvalue weighted by atomic mass is 10.1. The minimum atomic E-state index is -5.40. The van der Waals surface area contributed by atoms with Crippen LogP contribution in [0.2, 0.25) is 5.02 Å². The first-order valence-corrected chi connectivity index (χ1v) is 12.8. The summed E-state index contributed by atoms with van der Waals surface area (Å²) in [6, 6.07) is 9.35. The first-order chi connectivity index (χ1) is 16.9. The number of alkyl halides is 3. The van der Waals surface area contributed by atoms with Gasteiger partial charge in [-0.2, -0.15) is 13.2 Å². The van der Waals surface area contributed by atoms with E-state index in [9.17, 15) is 31.2 Å². The van der Waals surface area contributed by atoms with Gasteiger partial charge in [0.2, 0.25) is 0 Å². The second kappa shape index (κ2) is 10.7. The van der Waals surface area contributed by atoms with Crippen LogP contribution in [0.3, 0.4) is 0 Å². The molecular weight excluding hydrogens is 545 g/mol. The van der Waals surface area contributed by atoms with Gasteiger partial charge in [-0.05, 0) is 43.3 Å². The normalized spacial score (nSPS) is 13.4. The smallest absolute Gasteiger partial charge is 0.441 e. The number of halogens is 4. The molecule has 3 aromatic rings. The van der Waals surface area contributed by atoms with Crippen molar-refractivity contribution in [3.63, 3.8) is 0 Å². The van der Waals surface area contributed by atoms with Gasteiger partial charge in [-0.1, -0.05) is 23.7 Å². The highest BCUT2D eigenvalue weighted by Gasteiger charge is 2.63. The molecular formula is C21H18ClF3N4O5S2. The van der Waals surface area contributed by atoms with E-state index in [0.717, 1.165) is 35.6 Å². The Kier molecular flexibility index (Phi) is 8.11. The van der Waals surface area contributed by atoms with Gasteiger partial charge >= 0.3 is 17.8 Å². The van der Waals surface area contributed by atoms with Crippen molar-refractivity contribution >= 4 is 55.7 Å². The van der Waals surface area contributed by atoms with E-state index in [1.54, 1.807) is 10.7 Å². The van der Waals surface area contributed by atoms with E-state index in [1.807, 2.05) is 5.32 Å². The molecule has 36 heavy (non-hydrogen) atoms. The Hall–Kier alpha value is -3.36. The van der Waals surface area contributed by atoms with Crippen LogP contribution < -0.4 is 15.4 Å². The Morgan fingerprint density at radius 2 is 1.78 bits per heavy atom. The molecule has 1 aromatic heterocycles. The summed E-state index contributed by atoms with van der Waals surface area (Å²) in [4.78, 5) is 28.9. The highest BCUT2D eigenvalue weighted by Crippen LogP contribution is 2.34. The summed E-state index contributed by atoms with van der Waals surface area (Å²) in [6.45, 7) is 0.879.